The van der Waals surface area contributed by atoms with E-state index in [-0.39, 0.29) is 31.4 Å². The molecule has 1 aromatic rings. The van der Waals surface area contributed by atoms with Gasteiger partial charge in [-0.15, -0.1) is 0 Å². The van der Waals surface area contributed by atoms with Gasteiger partial charge >= 0.3 is 12.1 Å². The molecule has 1 aliphatic rings. The van der Waals surface area contributed by atoms with Crippen LogP contribution >= 0.6 is 0 Å². The molecule has 2 rings (SSSR count). The first-order valence-electron chi connectivity index (χ1n) is 9.51. The molecule has 0 radical (unpaired) electrons. The van der Waals surface area contributed by atoms with Crippen LogP contribution in [0.3, 0.4) is 0 Å². The molecule has 1 fully saturated rings. The van der Waals surface area contributed by atoms with Gasteiger partial charge in [0.15, 0.2) is 0 Å². The van der Waals surface area contributed by atoms with E-state index < -0.39 is 34.8 Å². The highest BCUT2D eigenvalue weighted by atomic mass is 19.4. The van der Waals surface area contributed by atoms with E-state index >= 15 is 0 Å². The van der Waals surface area contributed by atoms with Crippen molar-refractivity contribution in [2.45, 2.75) is 63.8 Å². The molecule has 2 N–H and O–H groups in total. The average Bonchev–Trinajstić information content (AvgIpc) is 2.70. The maximum Gasteiger partial charge on any atom is 0.418 e. The van der Waals surface area contributed by atoms with Crippen molar-refractivity contribution in [3.8, 4) is 5.88 Å². The van der Waals surface area contributed by atoms with E-state index in [1.807, 2.05) is 0 Å². The molecule has 7 nitrogen and oxygen atoms in total. The molecule has 29 heavy (non-hydrogen) atoms. The summed E-state index contributed by atoms with van der Waals surface area (Å²) in [6.45, 7) is 3.75. The van der Waals surface area contributed by atoms with Crippen LogP contribution in [-0.2, 0) is 15.7 Å². The monoisotopic (exact) mass is 418 g/mol. The molecular weight excluding hydrogens is 393 g/mol. The second-order valence-corrected chi connectivity index (χ2v) is 6.89. The number of carbonyl (C=O) groups is 2. The van der Waals surface area contributed by atoms with Gasteiger partial charge in [0, 0.05) is 12.7 Å². The van der Waals surface area contributed by atoms with E-state index in [0.29, 0.717) is 12.7 Å². The van der Waals surface area contributed by atoms with Gasteiger partial charge in [-0.05, 0) is 38.2 Å². The maximum absolute atomic E-state index is 13.4. The third kappa shape index (κ3) is 5.59. The van der Waals surface area contributed by atoms with E-state index in [2.05, 4.69) is 10.3 Å². The van der Waals surface area contributed by atoms with Gasteiger partial charge in [-0.3, -0.25) is 4.79 Å². The highest BCUT2D eigenvalue weighted by molar-refractivity contribution is 5.97. The smallest absolute Gasteiger partial charge is 0.418 e. The normalized spacial score (nSPS) is 17.6. The van der Waals surface area contributed by atoms with E-state index in [9.17, 15) is 27.9 Å². The van der Waals surface area contributed by atoms with E-state index in [0.717, 1.165) is 25.3 Å². The number of nitrogens with one attached hydrogen (secondary N) is 1. The van der Waals surface area contributed by atoms with E-state index in [4.69, 9.17) is 9.47 Å². The Morgan fingerprint density at radius 3 is 2.48 bits per heavy atom. The number of halogens is 3. The summed E-state index contributed by atoms with van der Waals surface area (Å²) in [6.07, 6.45) is -2.35. The number of rotatable bonds is 8. The Labute approximate surface area is 166 Å². The minimum atomic E-state index is -4.84. The van der Waals surface area contributed by atoms with Crippen LogP contribution in [0.4, 0.5) is 13.2 Å². The molecule has 1 aliphatic heterocycles. The number of aromatic nitrogens is 1. The first kappa shape index (κ1) is 22.9. The molecule has 162 valence electrons. The van der Waals surface area contributed by atoms with Gasteiger partial charge in [0.1, 0.15) is 17.8 Å². The first-order chi connectivity index (χ1) is 13.6. The number of hydrogen-bond acceptors (Lipinski definition) is 5. The van der Waals surface area contributed by atoms with Gasteiger partial charge in [-0.2, -0.15) is 13.2 Å². The summed E-state index contributed by atoms with van der Waals surface area (Å²) in [5.74, 6) is -2.71. The molecule has 0 saturated carbocycles. The SMILES string of the molecule is CCC(CC)(NC(=O)c1nc(OCC2CCCCO2)ccc1C(F)(F)F)C(=O)O. The fraction of sp³-hybridized carbons (Fsp3) is 0.632. The van der Waals surface area contributed by atoms with Crippen molar-refractivity contribution < 1.29 is 37.3 Å². The van der Waals surface area contributed by atoms with Crippen molar-refractivity contribution in [3.63, 3.8) is 0 Å². The molecule has 1 atom stereocenters. The second kappa shape index (κ2) is 9.43. The predicted octanol–water partition coefficient (Wildman–Crippen LogP) is 3.42. The predicted molar refractivity (Wildman–Crippen MR) is 96.7 cm³/mol. The lowest BCUT2D eigenvalue weighted by Gasteiger charge is -2.28. The van der Waals surface area contributed by atoms with Gasteiger partial charge in [-0.1, -0.05) is 13.8 Å². The van der Waals surface area contributed by atoms with Gasteiger partial charge in [0.25, 0.3) is 5.91 Å². The van der Waals surface area contributed by atoms with Crippen molar-refractivity contribution in [2.24, 2.45) is 0 Å². The van der Waals surface area contributed by atoms with Gasteiger partial charge in [-0.25, -0.2) is 9.78 Å². The first-order valence-corrected chi connectivity index (χ1v) is 9.51. The number of aliphatic carboxylic acids is 1. The van der Waals surface area contributed by atoms with Crippen LogP contribution in [0.5, 0.6) is 5.88 Å². The molecule has 0 aliphatic carbocycles. The fourth-order valence-electron chi connectivity index (χ4n) is 3.10. The lowest BCUT2D eigenvalue weighted by Crippen LogP contribution is -2.54. The number of amides is 1. The maximum atomic E-state index is 13.4. The lowest BCUT2D eigenvalue weighted by atomic mass is 9.92. The number of carboxylic acid groups (broad SMARTS) is 1. The summed E-state index contributed by atoms with van der Waals surface area (Å²) >= 11 is 0. The van der Waals surface area contributed by atoms with Crippen molar-refractivity contribution in [2.75, 3.05) is 13.2 Å². The minimum absolute atomic E-state index is 0.00113. The Hall–Kier alpha value is -2.36. The van der Waals surface area contributed by atoms with Crippen LogP contribution in [0.2, 0.25) is 0 Å². The van der Waals surface area contributed by atoms with Gasteiger partial charge < -0.3 is 19.9 Å². The summed E-state index contributed by atoms with van der Waals surface area (Å²) < 4.78 is 51.1. The van der Waals surface area contributed by atoms with Crippen LogP contribution in [-0.4, -0.2) is 46.8 Å². The molecule has 10 heteroatoms. The molecular formula is C19H25F3N2O5. The van der Waals surface area contributed by atoms with Crippen LogP contribution in [0.1, 0.15) is 62.0 Å². The Kier molecular flexibility index (Phi) is 7.45. The fourth-order valence-corrected chi connectivity index (χ4v) is 3.10. The number of alkyl halides is 3. The standard InChI is InChI=1S/C19H25F3N2O5/c1-3-18(4-2,17(26)27)24-16(25)15-13(19(20,21)22)8-9-14(23-15)29-11-12-7-5-6-10-28-12/h8-9,12H,3-7,10-11H2,1-2H3,(H,24,25)(H,26,27). The van der Waals surface area contributed by atoms with Gasteiger partial charge in [0.05, 0.1) is 11.7 Å². The molecule has 1 aromatic heterocycles. The number of ether oxygens (including phenoxy) is 2. The summed E-state index contributed by atoms with van der Waals surface area (Å²) in [6, 6.07) is 1.74. The zero-order valence-corrected chi connectivity index (χ0v) is 16.3. The number of hydrogen-bond donors (Lipinski definition) is 2. The minimum Gasteiger partial charge on any atom is -0.480 e. The molecule has 2 heterocycles. The van der Waals surface area contributed by atoms with E-state index in [1.54, 1.807) is 0 Å². The zero-order chi connectivity index (χ0) is 21.7. The van der Waals surface area contributed by atoms with Crippen molar-refractivity contribution in [1.82, 2.24) is 10.3 Å². The quantitative estimate of drug-likeness (QED) is 0.671. The summed E-state index contributed by atoms with van der Waals surface area (Å²) in [4.78, 5) is 27.9. The average molecular weight is 418 g/mol. The highest BCUT2D eigenvalue weighted by Crippen LogP contribution is 2.33. The summed E-state index contributed by atoms with van der Waals surface area (Å²) in [5.41, 5.74) is -3.87. The van der Waals surface area contributed by atoms with Crippen molar-refractivity contribution in [3.05, 3.63) is 23.4 Å². The molecule has 0 spiro atoms. The number of nitrogens with zero attached hydrogens (tertiary/aromatic N) is 1. The number of carbonyl (C=O) groups excluding carboxylic acids is 1. The summed E-state index contributed by atoms with van der Waals surface area (Å²) in [5, 5.41) is 11.6. The van der Waals surface area contributed by atoms with Crippen LogP contribution in [0.25, 0.3) is 0 Å². The second-order valence-electron chi connectivity index (χ2n) is 6.89. The molecule has 0 bridgehead atoms. The van der Waals surface area contributed by atoms with Crippen LogP contribution < -0.4 is 10.1 Å². The van der Waals surface area contributed by atoms with Crippen molar-refractivity contribution >= 4 is 11.9 Å². The topological polar surface area (TPSA) is 97.8 Å². The largest absolute Gasteiger partial charge is 0.480 e. The van der Waals surface area contributed by atoms with E-state index in [1.165, 1.54) is 13.8 Å². The van der Waals surface area contributed by atoms with Crippen LogP contribution in [0.15, 0.2) is 12.1 Å². The molecule has 1 amide bonds. The number of carboxylic acids is 1. The Morgan fingerprint density at radius 2 is 1.97 bits per heavy atom. The summed E-state index contributed by atoms with van der Waals surface area (Å²) in [7, 11) is 0. The Balaban J connectivity index is 2.28. The third-order valence-electron chi connectivity index (χ3n) is 5.05. The van der Waals surface area contributed by atoms with Crippen LogP contribution in [0, 0.1) is 0 Å². The molecule has 1 saturated heterocycles. The van der Waals surface area contributed by atoms with Gasteiger partial charge in [0.2, 0.25) is 5.88 Å². The number of pyridine rings is 1. The Morgan fingerprint density at radius 1 is 1.28 bits per heavy atom. The lowest BCUT2D eigenvalue weighted by molar-refractivity contribution is -0.144. The molecule has 1 unspecified atom stereocenters. The highest BCUT2D eigenvalue weighted by Gasteiger charge is 2.41. The molecule has 0 aromatic carbocycles. The third-order valence-corrected chi connectivity index (χ3v) is 5.05. The van der Waals surface area contributed by atoms with Crippen molar-refractivity contribution in [1.29, 1.82) is 0 Å². The Bertz CT molecular complexity index is 729. The zero-order valence-electron chi connectivity index (χ0n) is 16.3.